The van der Waals surface area contributed by atoms with Crippen molar-refractivity contribution in [2.75, 3.05) is 6.16 Å². The molecule has 0 aliphatic carbocycles. The van der Waals surface area contributed by atoms with Gasteiger partial charge in [-0.15, -0.1) is 0 Å². The van der Waals surface area contributed by atoms with E-state index in [2.05, 4.69) is 9.97 Å². The lowest BCUT2D eigenvalue weighted by molar-refractivity contribution is 0.370. The molecule has 0 atom stereocenters. The minimum absolute atomic E-state index is 0.0879. The summed E-state index contributed by atoms with van der Waals surface area (Å²) in [6.45, 7) is 0.253. The van der Waals surface area contributed by atoms with Crippen LogP contribution in [0.25, 0.3) is 28.2 Å². The lowest BCUT2D eigenvalue weighted by Crippen LogP contribution is -2.38. The zero-order chi connectivity index (χ0) is 24.1. The first-order chi connectivity index (χ1) is 16.3. The summed E-state index contributed by atoms with van der Waals surface area (Å²) in [5, 5.41) is 0. The summed E-state index contributed by atoms with van der Waals surface area (Å²) in [4.78, 5) is 52.6. The van der Waals surface area contributed by atoms with Crippen LogP contribution in [0.5, 0.6) is 0 Å². The van der Waals surface area contributed by atoms with Gasteiger partial charge in [-0.1, -0.05) is 56.0 Å². The number of fused-ring (bicyclic) bond motifs is 2. The normalized spacial score (nSPS) is 11.9. The first-order valence-corrected chi connectivity index (χ1v) is 13.2. The predicted octanol–water partition coefficient (Wildman–Crippen LogP) is 3.57. The molecule has 9 nitrogen and oxygen atoms in total. The second-order valence-electron chi connectivity index (χ2n) is 8.30. The molecule has 2 aliphatic rings. The summed E-state index contributed by atoms with van der Waals surface area (Å²) in [6.07, 6.45) is 4.29. The molecule has 0 saturated heterocycles. The van der Waals surface area contributed by atoms with E-state index >= 15 is 0 Å². The molecular formula is C24H27N4O5P. The molecule has 2 heterocycles. The van der Waals surface area contributed by atoms with Crippen molar-refractivity contribution in [3.05, 3.63) is 75.4 Å². The first kappa shape index (κ1) is 24.0. The average Bonchev–Trinajstić information content (AvgIpc) is 2.81. The highest BCUT2D eigenvalue weighted by molar-refractivity contribution is 7.51. The lowest BCUT2D eigenvalue weighted by Gasteiger charge is -2.17. The Labute approximate surface area is 196 Å². The Bertz CT molecular complexity index is 1410. The van der Waals surface area contributed by atoms with Gasteiger partial charge in [-0.05, 0) is 37.1 Å². The van der Waals surface area contributed by atoms with E-state index in [1.54, 1.807) is 4.57 Å². The molecule has 0 amide bonds. The molecule has 10 heteroatoms. The zero-order valence-corrected chi connectivity index (χ0v) is 19.6. The van der Waals surface area contributed by atoms with E-state index in [-0.39, 0.29) is 24.2 Å². The van der Waals surface area contributed by atoms with Crippen LogP contribution in [0, 0.1) is 0 Å². The van der Waals surface area contributed by atoms with Gasteiger partial charge in [-0.2, -0.15) is 4.98 Å². The molecule has 0 bridgehead atoms. The van der Waals surface area contributed by atoms with Gasteiger partial charge in [-0.3, -0.25) is 18.5 Å². The number of aromatic nitrogens is 4. The van der Waals surface area contributed by atoms with Gasteiger partial charge in [0, 0.05) is 18.4 Å². The summed E-state index contributed by atoms with van der Waals surface area (Å²) in [6, 6.07) is 16.9. The van der Waals surface area contributed by atoms with Crippen molar-refractivity contribution in [3.63, 3.8) is 0 Å². The fourth-order valence-corrected chi connectivity index (χ4v) is 4.72. The Hall–Kier alpha value is -3.13. The summed E-state index contributed by atoms with van der Waals surface area (Å²) in [5.74, 6) is 0.237. The first-order valence-electron chi connectivity index (χ1n) is 11.4. The van der Waals surface area contributed by atoms with Crippen molar-refractivity contribution in [1.82, 2.24) is 19.1 Å². The minimum Gasteiger partial charge on any atom is -0.324 e. The van der Waals surface area contributed by atoms with Gasteiger partial charge in [0.25, 0.3) is 5.56 Å². The number of hydrogen-bond acceptors (Lipinski definition) is 5. The van der Waals surface area contributed by atoms with E-state index in [4.69, 9.17) is 9.79 Å². The van der Waals surface area contributed by atoms with Gasteiger partial charge >= 0.3 is 13.3 Å². The molecule has 2 N–H and O–H groups in total. The van der Waals surface area contributed by atoms with Crippen LogP contribution >= 0.6 is 7.60 Å². The maximum absolute atomic E-state index is 13.2. The van der Waals surface area contributed by atoms with Gasteiger partial charge in [0.15, 0.2) is 11.5 Å². The van der Waals surface area contributed by atoms with Crippen molar-refractivity contribution in [3.8, 4) is 17.2 Å². The maximum atomic E-state index is 13.2. The summed E-state index contributed by atoms with van der Waals surface area (Å²) in [7, 11) is -3.92. The topological polar surface area (TPSA) is 127 Å². The second kappa shape index (κ2) is 10.4. The van der Waals surface area contributed by atoms with E-state index in [0.717, 1.165) is 41.5 Å². The third kappa shape index (κ3) is 5.50. The van der Waals surface area contributed by atoms with Gasteiger partial charge in [0.1, 0.15) is 0 Å². The molecule has 2 aliphatic heterocycles. The fourth-order valence-electron chi connectivity index (χ4n) is 4.08. The van der Waals surface area contributed by atoms with E-state index in [0.29, 0.717) is 18.4 Å². The number of benzene rings is 2. The summed E-state index contributed by atoms with van der Waals surface area (Å²) < 4.78 is 13.8. The number of para-hydroxylation sites is 3. The number of rotatable bonds is 10. The largest absolute Gasteiger partial charge is 0.352 e. The molecule has 178 valence electrons. The molecule has 34 heavy (non-hydrogen) atoms. The van der Waals surface area contributed by atoms with Crippen LogP contribution in [-0.2, 0) is 11.1 Å². The van der Waals surface area contributed by atoms with Gasteiger partial charge in [-0.25, -0.2) is 9.78 Å². The van der Waals surface area contributed by atoms with Crippen molar-refractivity contribution in [2.45, 2.75) is 45.1 Å². The molecule has 0 fully saturated rings. The summed E-state index contributed by atoms with van der Waals surface area (Å²) >= 11 is 0. The van der Waals surface area contributed by atoms with E-state index in [1.165, 1.54) is 0 Å². The van der Waals surface area contributed by atoms with Gasteiger partial charge in [0.05, 0.1) is 11.0 Å². The molecule has 0 spiro atoms. The van der Waals surface area contributed by atoms with Crippen molar-refractivity contribution >= 4 is 18.6 Å². The SMILES string of the molecule is O=c1nc2n(-c3ccccc3)c3ccccc3nc-2c(=O)n1CCCCCCCCP(=O)(O)O. The maximum Gasteiger partial charge on any atom is 0.352 e. The Morgan fingerprint density at radius 3 is 2.18 bits per heavy atom. The Morgan fingerprint density at radius 1 is 0.794 bits per heavy atom. The fraction of sp³-hybridized carbons (Fsp3) is 0.333. The minimum atomic E-state index is -3.92. The van der Waals surface area contributed by atoms with E-state index in [1.807, 2.05) is 54.6 Å². The molecular weight excluding hydrogens is 455 g/mol. The predicted molar refractivity (Wildman–Crippen MR) is 131 cm³/mol. The van der Waals surface area contributed by atoms with Crippen LogP contribution < -0.4 is 11.2 Å². The molecule has 0 radical (unpaired) electrons. The Morgan fingerprint density at radius 2 is 1.44 bits per heavy atom. The van der Waals surface area contributed by atoms with Crippen LogP contribution in [0.1, 0.15) is 38.5 Å². The van der Waals surface area contributed by atoms with Crippen molar-refractivity contribution in [1.29, 1.82) is 0 Å². The van der Waals surface area contributed by atoms with Gasteiger partial charge < -0.3 is 9.79 Å². The van der Waals surface area contributed by atoms with Crippen LogP contribution in [0.3, 0.4) is 0 Å². The van der Waals surface area contributed by atoms with Crippen LogP contribution in [-0.4, -0.2) is 35.1 Å². The molecule has 2 aromatic carbocycles. The molecule has 0 unspecified atom stereocenters. The zero-order valence-electron chi connectivity index (χ0n) is 18.7. The highest BCUT2D eigenvalue weighted by atomic mass is 31.2. The lowest BCUT2D eigenvalue weighted by atomic mass is 10.1. The number of nitrogens with zero attached hydrogens (tertiary/aromatic N) is 4. The second-order valence-corrected chi connectivity index (χ2v) is 10.1. The highest BCUT2D eigenvalue weighted by Crippen LogP contribution is 2.35. The Balaban J connectivity index is 1.56. The van der Waals surface area contributed by atoms with Crippen LogP contribution in [0.2, 0.25) is 0 Å². The average molecular weight is 482 g/mol. The van der Waals surface area contributed by atoms with Crippen LogP contribution in [0.15, 0.2) is 64.2 Å². The van der Waals surface area contributed by atoms with Crippen LogP contribution in [0.4, 0.5) is 0 Å². The molecule has 2 aromatic rings. The Kier molecular flexibility index (Phi) is 7.36. The molecule has 0 saturated carbocycles. The smallest absolute Gasteiger partial charge is 0.324 e. The van der Waals surface area contributed by atoms with Crippen molar-refractivity contribution < 1.29 is 14.4 Å². The third-order valence-electron chi connectivity index (χ3n) is 5.75. The number of hydrogen-bond donors (Lipinski definition) is 2. The summed E-state index contributed by atoms with van der Waals surface area (Å²) in [5.41, 5.74) is 1.28. The number of unbranched alkanes of at least 4 members (excludes halogenated alkanes) is 5. The van der Waals surface area contributed by atoms with E-state index < -0.39 is 18.8 Å². The van der Waals surface area contributed by atoms with Gasteiger partial charge in [0.2, 0.25) is 0 Å². The van der Waals surface area contributed by atoms with Crippen molar-refractivity contribution in [2.24, 2.45) is 0 Å². The third-order valence-corrected chi connectivity index (χ3v) is 6.65. The van der Waals surface area contributed by atoms with E-state index in [9.17, 15) is 14.2 Å². The molecule has 0 aromatic heterocycles. The quantitative estimate of drug-likeness (QED) is 0.201. The standard InChI is InChI=1S/C24H27N4O5P/c29-23-21-22(26-24(30)27(23)16-10-3-1-2-4-11-17-34(31,32)33)28(18-12-6-5-7-13-18)20-15-9-8-14-19(20)25-21/h5-9,12-15H,1-4,10-11,16-17H2,(H2,31,32,33). The highest BCUT2D eigenvalue weighted by Gasteiger charge is 2.22. The monoisotopic (exact) mass is 482 g/mol. The molecule has 4 rings (SSSR count).